The number of halogens is 1. The van der Waals surface area contributed by atoms with Gasteiger partial charge in [-0.25, -0.2) is 0 Å². The molecule has 1 N–H and O–H groups in total. The molecule has 3 heteroatoms. The van der Waals surface area contributed by atoms with E-state index in [4.69, 9.17) is 0 Å². The molecule has 2 unspecified atom stereocenters. The van der Waals surface area contributed by atoms with E-state index in [1.807, 2.05) is 0 Å². The summed E-state index contributed by atoms with van der Waals surface area (Å²) in [7, 11) is 0. The van der Waals surface area contributed by atoms with Crippen LogP contribution in [0.1, 0.15) is 45.2 Å². The third-order valence-electron chi connectivity index (χ3n) is 3.92. The summed E-state index contributed by atoms with van der Waals surface area (Å²) < 4.78 is 1.17. The fourth-order valence-corrected chi connectivity index (χ4v) is 3.13. The molecule has 0 aromatic heterocycles. The number of nitrogens with zero attached hydrogens (tertiary/aromatic N) is 1. The molecule has 2 atom stereocenters. The van der Waals surface area contributed by atoms with E-state index in [0.717, 1.165) is 12.5 Å². The Hall–Kier alpha value is -0.540. The van der Waals surface area contributed by atoms with Crippen molar-refractivity contribution in [3.8, 4) is 0 Å². The lowest BCUT2D eigenvalue weighted by Crippen LogP contribution is -2.25. The zero-order valence-electron chi connectivity index (χ0n) is 12.2. The highest BCUT2D eigenvalue weighted by Crippen LogP contribution is 2.33. The van der Waals surface area contributed by atoms with Gasteiger partial charge in [0.15, 0.2) is 0 Å². The molecule has 0 amide bonds. The number of hydrogen-bond donors (Lipinski definition) is 1. The van der Waals surface area contributed by atoms with Gasteiger partial charge in [-0.05, 0) is 49.9 Å². The molecule has 0 saturated carbocycles. The molecule has 1 saturated heterocycles. The van der Waals surface area contributed by atoms with Crippen molar-refractivity contribution < 1.29 is 0 Å². The molecule has 0 bridgehead atoms. The molecule has 0 aliphatic carbocycles. The summed E-state index contributed by atoms with van der Waals surface area (Å²) >= 11 is 3.61. The van der Waals surface area contributed by atoms with Crippen molar-refractivity contribution in [2.24, 2.45) is 5.92 Å². The zero-order valence-corrected chi connectivity index (χ0v) is 13.8. The second-order valence-corrected chi connectivity index (χ2v) is 6.63. The SMILES string of the molecule is CCCNC(C)c1ccc(Br)cc1N1CCC(C)C1. The minimum absolute atomic E-state index is 0.416. The predicted octanol–water partition coefficient (Wildman–Crippen LogP) is 4.36. The quantitative estimate of drug-likeness (QED) is 0.865. The molecule has 1 aliphatic rings. The van der Waals surface area contributed by atoms with Gasteiger partial charge in [0.2, 0.25) is 0 Å². The zero-order chi connectivity index (χ0) is 13.8. The Morgan fingerprint density at radius 3 is 2.89 bits per heavy atom. The van der Waals surface area contributed by atoms with Gasteiger partial charge < -0.3 is 10.2 Å². The van der Waals surface area contributed by atoms with E-state index in [-0.39, 0.29) is 0 Å². The summed E-state index contributed by atoms with van der Waals surface area (Å²) in [5, 5.41) is 3.60. The van der Waals surface area contributed by atoms with E-state index in [1.54, 1.807) is 0 Å². The van der Waals surface area contributed by atoms with Crippen LogP contribution in [-0.2, 0) is 0 Å². The first-order valence-corrected chi connectivity index (χ1v) is 8.19. The summed E-state index contributed by atoms with van der Waals surface area (Å²) in [5.74, 6) is 0.811. The maximum absolute atomic E-state index is 3.61. The number of benzene rings is 1. The van der Waals surface area contributed by atoms with Gasteiger partial charge >= 0.3 is 0 Å². The predicted molar refractivity (Wildman–Crippen MR) is 86.8 cm³/mol. The van der Waals surface area contributed by atoms with E-state index in [2.05, 4.69) is 65.1 Å². The second-order valence-electron chi connectivity index (χ2n) is 5.72. The molecule has 1 aromatic rings. The molecule has 2 rings (SSSR count). The average molecular weight is 325 g/mol. The minimum atomic E-state index is 0.416. The van der Waals surface area contributed by atoms with Crippen LogP contribution in [0.25, 0.3) is 0 Å². The van der Waals surface area contributed by atoms with Gasteiger partial charge in [-0.3, -0.25) is 0 Å². The monoisotopic (exact) mass is 324 g/mol. The van der Waals surface area contributed by atoms with E-state index >= 15 is 0 Å². The smallest absolute Gasteiger partial charge is 0.0426 e. The highest BCUT2D eigenvalue weighted by Gasteiger charge is 2.22. The van der Waals surface area contributed by atoms with Crippen LogP contribution in [0.3, 0.4) is 0 Å². The molecule has 0 spiro atoms. The van der Waals surface area contributed by atoms with Gasteiger partial charge in [-0.2, -0.15) is 0 Å². The maximum Gasteiger partial charge on any atom is 0.0426 e. The van der Waals surface area contributed by atoms with Crippen LogP contribution in [-0.4, -0.2) is 19.6 Å². The van der Waals surface area contributed by atoms with Crippen LogP contribution in [0.4, 0.5) is 5.69 Å². The average Bonchev–Trinajstić information content (AvgIpc) is 2.82. The summed E-state index contributed by atoms with van der Waals surface area (Å²) in [4.78, 5) is 2.54. The van der Waals surface area contributed by atoms with Crippen molar-refractivity contribution >= 4 is 21.6 Å². The minimum Gasteiger partial charge on any atom is -0.371 e. The molecule has 1 aliphatic heterocycles. The summed E-state index contributed by atoms with van der Waals surface area (Å²) in [6.07, 6.45) is 2.49. The molecule has 2 nitrogen and oxygen atoms in total. The Morgan fingerprint density at radius 2 is 2.26 bits per heavy atom. The molecule has 19 heavy (non-hydrogen) atoms. The van der Waals surface area contributed by atoms with E-state index in [0.29, 0.717) is 6.04 Å². The van der Waals surface area contributed by atoms with Crippen molar-refractivity contribution in [3.05, 3.63) is 28.2 Å². The largest absolute Gasteiger partial charge is 0.371 e. The number of hydrogen-bond acceptors (Lipinski definition) is 2. The number of rotatable bonds is 5. The molecular weight excluding hydrogens is 300 g/mol. The van der Waals surface area contributed by atoms with E-state index in [9.17, 15) is 0 Å². The molecular formula is C16H25BrN2. The van der Waals surface area contributed by atoms with Gasteiger partial charge in [-0.1, -0.05) is 35.8 Å². The number of nitrogens with one attached hydrogen (secondary N) is 1. The van der Waals surface area contributed by atoms with Crippen molar-refractivity contribution in [2.75, 3.05) is 24.5 Å². The lowest BCUT2D eigenvalue weighted by molar-refractivity contribution is 0.569. The van der Waals surface area contributed by atoms with Crippen LogP contribution in [0.5, 0.6) is 0 Å². The van der Waals surface area contributed by atoms with Crippen molar-refractivity contribution in [1.82, 2.24) is 5.32 Å². The number of anilines is 1. The standard InChI is InChI=1S/C16H25BrN2/c1-4-8-18-13(3)15-6-5-14(17)10-16(15)19-9-7-12(2)11-19/h5-6,10,12-13,18H,4,7-9,11H2,1-3H3. The van der Waals surface area contributed by atoms with Crippen LogP contribution in [0.2, 0.25) is 0 Å². The van der Waals surface area contributed by atoms with Gasteiger partial charge in [0.05, 0.1) is 0 Å². The lowest BCUT2D eigenvalue weighted by atomic mass is 10.0. The first-order chi connectivity index (χ1) is 9.11. The first kappa shape index (κ1) is 14.9. The van der Waals surface area contributed by atoms with Crippen LogP contribution >= 0.6 is 15.9 Å². The first-order valence-electron chi connectivity index (χ1n) is 7.39. The van der Waals surface area contributed by atoms with Crippen molar-refractivity contribution in [1.29, 1.82) is 0 Å². The van der Waals surface area contributed by atoms with Crippen LogP contribution < -0.4 is 10.2 Å². The Morgan fingerprint density at radius 1 is 1.47 bits per heavy atom. The summed E-state index contributed by atoms with van der Waals surface area (Å²) in [6.45, 7) is 10.3. The lowest BCUT2D eigenvalue weighted by Gasteiger charge is -2.25. The Bertz CT molecular complexity index is 419. The second kappa shape index (κ2) is 6.76. The van der Waals surface area contributed by atoms with Gasteiger partial charge in [0, 0.05) is 29.3 Å². The highest BCUT2D eigenvalue weighted by molar-refractivity contribution is 9.10. The fraction of sp³-hybridized carbons (Fsp3) is 0.625. The van der Waals surface area contributed by atoms with Crippen LogP contribution in [0.15, 0.2) is 22.7 Å². The van der Waals surface area contributed by atoms with E-state index in [1.165, 1.54) is 41.7 Å². The van der Waals surface area contributed by atoms with Gasteiger partial charge in [0.25, 0.3) is 0 Å². The van der Waals surface area contributed by atoms with Gasteiger partial charge in [-0.15, -0.1) is 0 Å². The van der Waals surface area contributed by atoms with Crippen molar-refractivity contribution in [2.45, 2.75) is 39.7 Å². The van der Waals surface area contributed by atoms with Gasteiger partial charge in [0.1, 0.15) is 0 Å². The molecule has 106 valence electrons. The Kier molecular flexibility index (Phi) is 5.28. The Labute approximate surface area is 125 Å². The normalized spacial score (nSPS) is 20.8. The fourth-order valence-electron chi connectivity index (χ4n) is 2.78. The molecule has 1 fully saturated rings. The summed E-state index contributed by atoms with van der Waals surface area (Å²) in [6, 6.07) is 7.11. The molecule has 1 aromatic carbocycles. The third kappa shape index (κ3) is 3.73. The van der Waals surface area contributed by atoms with Crippen LogP contribution in [0, 0.1) is 5.92 Å². The third-order valence-corrected chi connectivity index (χ3v) is 4.42. The van der Waals surface area contributed by atoms with Crippen molar-refractivity contribution in [3.63, 3.8) is 0 Å². The maximum atomic E-state index is 3.61. The molecule has 1 heterocycles. The highest BCUT2D eigenvalue weighted by atomic mass is 79.9. The topological polar surface area (TPSA) is 15.3 Å². The molecule has 0 radical (unpaired) electrons. The Balaban J connectivity index is 2.22. The van der Waals surface area contributed by atoms with E-state index < -0.39 is 0 Å². The summed E-state index contributed by atoms with van der Waals surface area (Å²) in [5.41, 5.74) is 2.82.